The molecule has 1 aromatic carbocycles. The number of aliphatic hydroxyl groups excluding tert-OH is 1. The fourth-order valence-corrected chi connectivity index (χ4v) is 1.51. The Morgan fingerprint density at radius 1 is 1.28 bits per heavy atom. The first kappa shape index (κ1) is 14.5. The molecule has 0 radical (unpaired) electrons. The molecule has 0 aromatic heterocycles. The molecule has 0 amide bonds. The van der Waals surface area contributed by atoms with Crippen LogP contribution in [0.2, 0.25) is 0 Å². The summed E-state index contributed by atoms with van der Waals surface area (Å²) in [4.78, 5) is 0. The first-order valence-corrected chi connectivity index (χ1v) is 5.82. The number of hydrogen-bond acceptors (Lipinski definition) is 5. The SMILES string of the molecule is CCC(=NO)c1ccc(OCC(O)COC)cc1. The topological polar surface area (TPSA) is 71.3 Å². The Morgan fingerprint density at radius 3 is 2.44 bits per heavy atom. The second kappa shape index (κ2) is 7.68. The first-order chi connectivity index (χ1) is 8.71. The molecule has 0 saturated heterocycles. The number of nitrogens with zero attached hydrogens (tertiary/aromatic N) is 1. The molecule has 5 nitrogen and oxygen atoms in total. The molecule has 0 aliphatic carbocycles. The zero-order valence-corrected chi connectivity index (χ0v) is 10.7. The zero-order chi connectivity index (χ0) is 13.4. The molecule has 18 heavy (non-hydrogen) atoms. The number of ether oxygens (including phenoxy) is 2. The molecule has 0 heterocycles. The fraction of sp³-hybridized carbons (Fsp3) is 0.462. The van der Waals surface area contributed by atoms with Crippen molar-refractivity contribution in [2.45, 2.75) is 19.4 Å². The van der Waals surface area contributed by atoms with E-state index in [2.05, 4.69) is 5.16 Å². The molecule has 1 rings (SSSR count). The van der Waals surface area contributed by atoms with Gasteiger partial charge in [-0.3, -0.25) is 0 Å². The summed E-state index contributed by atoms with van der Waals surface area (Å²) in [7, 11) is 1.53. The molecule has 0 aliphatic rings. The van der Waals surface area contributed by atoms with Crippen molar-refractivity contribution in [1.29, 1.82) is 0 Å². The molecule has 1 unspecified atom stereocenters. The Morgan fingerprint density at radius 2 is 1.94 bits per heavy atom. The van der Waals surface area contributed by atoms with Gasteiger partial charge in [0.25, 0.3) is 0 Å². The van der Waals surface area contributed by atoms with Gasteiger partial charge in [-0.2, -0.15) is 0 Å². The van der Waals surface area contributed by atoms with Gasteiger partial charge in [-0.15, -0.1) is 0 Å². The lowest BCUT2D eigenvalue weighted by atomic mass is 10.1. The quantitative estimate of drug-likeness (QED) is 0.440. The molecule has 1 aromatic rings. The minimum absolute atomic E-state index is 0.182. The summed E-state index contributed by atoms with van der Waals surface area (Å²) < 4.78 is 10.2. The summed E-state index contributed by atoms with van der Waals surface area (Å²) in [5, 5.41) is 21.4. The van der Waals surface area contributed by atoms with Crippen molar-refractivity contribution in [1.82, 2.24) is 0 Å². The van der Waals surface area contributed by atoms with E-state index < -0.39 is 6.10 Å². The number of rotatable bonds is 7. The molecular weight excluding hydrogens is 234 g/mol. The van der Waals surface area contributed by atoms with E-state index in [1.54, 1.807) is 12.1 Å². The predicted molar refractivity (Wildman–Crippen MR) is 68.4 cm³/mol. The van der Waals surface area contributed by atoms with Crippen LogP contribution in [-0.4, -0.2) is 42.5 Å². The van der Waals surface area contributed by atoms with Gasteiger partial charge in [-0.05, 0) is 36.2 Å². The van der Waals surface area contributed by atoms with E-state index in [-0.39, 0.29) is 13.2 Å². The Labute approximate surface area is 107 Å². The molecule has 0 saturated carbocycles. The highest BCUT2D eigenvalue weighted by Crippen LogP contribution is 2.14. The van der Waals surface area contributed by atoms with Crippen molar-refractivity contribution < 1.29 is 19.8 Å². The lowest BCUT2D eigenvalue weighted by Crippen LogP contribution is -2.22. The summed E-state index contributed by atoms with van der Waals surface area (Å²) in [5.74, 6) is 0.655. The van der Waals surface area contributed by atoms with Crippen LogP contribution >= 0.6 is 0 Å². The Kier molecular flexibility index (Phi) is 6.18. The van der Waals surface area contributed by atoms with Crippen LogP contribution < -0.4 is 4.74 Å². The van der Waals surface area contributed by atoms with E-state index in [4.69, 9.17) is 14.7 Å². The van der Waals surface area contributed by atoms with Crippen LogP contribution in [0.5, 0.6) is 5.75 Å². The zero-order valence-electron chi connectivity index (χ0n) is 10.7. The van der Waals surface area contributed by atoms with E-state index >= 15 is 0 Å². The van der Waals surface area contributed by atoms with Crippen molar-refractivity contribution in [3.63, 3.8) is 0 Å². The van der Waals surface area contributed by atoms with E-state index in [1.807, 2.05) is 19.1 Å². The lowest BCUT2D eigenvalue weighted by Gasteiger charge is -2.11. The van der Waals surface area contributed by atoms with Crippen LogP contribution in [0.25, 0.3) is 0 Å². The third kappa shape index (κ3) is 4.35. The smallest absolute Gasteiger partial charge is 0.119 e. The predicted octanol–water partition coefficient (Wildman–Crippen LogP) is 1.66. The van der Waals surface area contributed by atoms with Gasteiger partial charge in [0.15, 0.2) is 0 Å². The van der Waals surface area contributed by atoms with Gasteiger partial charge in [-0.25, -0.2) is 0 Å². The van der Waals surface area contributed by atoms with Crippen molar-refractivity contribution in [2.24, 2.45) is 5.16 Å². The van der Waals surface area contributed by atoms with Gasteiger partial charge in [0.2, 0.25) is 0 Å². The molecular formula is C13H19NO4. The number of benzene rings is 1. The molecule has 0 fully saturated rings. The summed E-state index contributed by atoms with van der Waals surface area (Å²) in [6.45, 7) is 2.34. The van der Waals surface area contributed by atoms with Gasteiger partial charge in [0, 0.05) is 7.11 Å². The van der Waals surface area contributed by atoms with Gasteiger partial charge in [0.1, 0.15) is 18.5 Å². The van der Waals surface area contributed by atoms with Crippen molar-refractivity contribution in [3.05, 3.63) is 29.8 Å². The highest BCUT2D eigenvalue weighted by atomic mass is 16.5. The monoisotopic (exact) mass is 253 g/mol. The Balaban J connectivity index is 2.55. The normalized spacial score (nSPS) is 13.4. The van der Waals surface area contributed by atoms with Crippen LogP contribution in [0.3, 0.4) is 0 Å². The van der Waals surface area contributed by atoms with Crippen LogP contribution in [-0.2, 0) is 4.74 Å². The Bertz CT molecular complexity index is 375. The minimum atomic E-state index is -0.639. The van der Waals surface area contributed by atoms with E-state index in [1.165, 1.54) is 7.11 Å². The molecule has 2 N–H and O–H groups in total. The van der Waals surface area contributed by atoms with Gasteiger partial charge < -0.3 is 19.8 Å². The minimum Gasteiger partial charge on any atom is -0.491 e. The summed E-state index contributed by atoms with van der Waals surface area (Å²) >= 11 is 0. The third-order valence-electron chi connectivity index (χ3n) is 2.44. The maximum absolute atomic E-state index is 9.43. The molecule has 1 atom stereocenters. The molecule has 0 aliphatic heterocycles. The van der Waals surface area contributed by atoms with Crippen molar-refractivity contribution in [3.8, 4) is 5.75 Å². The summed E-state index contributed by atoms with van der Waals surface area (Å²) in [5.41, 5.74) is 1.48. The van der Waals surface area contributed by atoms with E-state index in [9.17, 15) is 5.11 Å². The number of hydrogen-bond donors (Lipinski definition) is 2. The average molecular weight is 253 g/mol. The highest BCUT2D eigenvalue weighted by Gasteiger charge is 2.05. The molecule has 5 heteroatoms. The van der Waals surface area contributed by atoms with Crippen LogP contribution in [0.15, 0.2) is 29.4 Å². The van der Waals surface area contributed by atoms with Crippen LogP contribution in [0, 0.1) is 0 Å². The molecule has 100 valence electrons. The number of oxime groups is 1. The van der Waals surface area contributed by atoms with Gasteiger partial charge >= 0.3 is 0 Å². The Hall–Kier alpha value is -1.59. The van der Waals surface area contributed by atoms with Crippen molar-refractivity contribution in [2.75, 3.05) is 20.3 Å². The lowest BCUT2D eigenvalue weighted by molar-refractivity contribution is 0.0325. The fourth-order valence-electron chi connectivity index (χ4n) is 1.51. The summed E-state index contributed by atoms with van der Waals surface area (Å²) in [6.07, 6.45) is 0.0170. The maximum Gasteiger partial charge on any atom is 0.119 e. The van der Waals surface area contributed by atoms with Gasteiger partial charge in [-0.1, -0.05) is 12.1 Å². The van der Waals surface area contributed by atoms with Crippen LogP contribution in [0.1, 0.15) is 18.9 Å². The second-order valence-corrected chi connectivity index (χ2v) is 3.84. The van der Waals surface area contributed by atoms with E-state index in [0.717, 1.165) is 5.56 Å². The average Bonchev–Trinajstić information content (AvgIpc) is 2.39. The number of methoxy groups -OCH3 is 1. The van der Waals surface area contributed by atoms with E-state index in [0.29, 0.717) is 17.9 Å². The molecule has 0 spiro atoms. The van der Waals surface area contributed by atoms with Crippen molar-refractivity contribution >= 4 is 5.71 Å². The molecule has 0 bridgehead atoms. The number of aliphatic hydroxyl groups is 1. The third-order valence-corrected chi connectivity index (χ3v) is 2.44. The standard InChI is InChI=1S/C13H19NO4/c1-3-13(14-16)10-4-6-12(7-5-10)18-9-11(15)8-17-2/h4-7,11,15-16H,3,8-9H2,1-2H3. The van der Waals surface area contributed by atoms with Gasteiger partial charge in [0.05, 0.1) is 12.3 Å². The second-order valence-electron chi connectivity index (χ2n) is 3.84. The maximum atomic E-state index is 9.43. The largest absolute Gasteiger partial charge is 0.491 e. The summed E-state index contributed by atoms with van der Waals surface area (Å²) in [6, 6.07) is 7.18. The van der Waals surface area contributed by atoms with Crippen LogP contribution in [0.4, 0.5) is 0 Å². The highest BCUT2D eigenvalue weighted by molar-refractivity contribution is 6.00. The first-order valence-electron chi connectivity index (χ1n) is 5.82.